The number of nitrogens with one attached hydrogen (secondary N) is 2. The molecule has 0 aliphatic heterocycles. The number of amides is 1. The van der Waals surface area contributed by atoms with E-state index < -0.39 is 0 Å². The Morgan fingerprint density at radius 1 is 1.33 bits per heavy atom. The number of halogens is 1. The Labute approximate surface area is 162 Å². The second-order valence-corrected chi connectivity index (χ2v) is 8.21. The molecule has 0 saturated heterocycles. The zero-order valence-corrected chi connectivity index (χ0v) is 16.1. The molecule has 0 atom stereocenters. The van der Waals surface area contributed by atoms with E-state index in [1.807, 2.05) is 32.0 Å². The lowest BCUT2D eigenvalue weighted by atomic mass is 9.85. The monoisotopic (exact) mass is 383 g/mol. The Morgan fingerprint density at radius 2 is 2.04 bits per heavy atom. The smallest absolute Gasteiger partial charge is 0.256 e. The van der Waals surface area contributed by atoms with Gasteiger partial charge in [-0.25, -0.2) is 4.98 Å². The van der Waals surface area contributed by atoms with Gasteiger partial charge >= 0.3 is 0 Å². The summed E-state index contributed by atoms with van der Waals surface area (Å²) in [7, 11) is 0. The molecular formula is C21H22ClN3O2. The van der Waals surface area contributed by atoms with E-state index in [1.165, 1.54) is 0 Å². The van der Waals surface area contributed by atoms with Gasteiger partial charge in [0.25, 0.3) is 5.91 Å². The summed E-state index contributed by atoms with van der Waals surface area (Å²) in [4.78, 5) is 20.5. The van der Waals surface area contributed by atoms with Crippen molar-refractivity contribution in [2.24, 2.45) is 0 Å². The quantitative estimate of drug-likeness (QED) is 0.601. The first-order valence-electron chi connectivity index (χ1n) is 9.09. The van der Waals surface area contributed by atoms with Crippen molar-refractivity contribution >= 4 is 34.2 Å². The highest BCUT2D eigenvalue weighted by molar-refractivity contribution is 6.35. The lowest BCUT2D eigenvalue weighted by molar-refractivity contribution is 0.102. The molecule has 3 N–H and O–H groups in total. The van der Waals surface area contributed by atoms with E-state index in [-0.39, 0.29) is 17.9 Å². The minimum atomic E-state index is -0.340. The summed E-state index contributed by atoms with van der Waals surface area (Å²) in [6, 6.07) is 9.11. The lowest BCUT2D eigenvalue weighted by Crippen LogP contribution is -2.22. The number of benzene rings is 1. The number of aliphatic hydroxyl groups excluding tert-OH is 1. The highest BCUT2D eigenvalue weighted by atomic mass is 35.5. The Kier molecular flexibility index (Phi) is 4.44. The van der Waals surface area contributed by atoms with Gasteiger partial charge in [0, 0.05) is 34.5 Å². The fourth-order valence-electron chi connectivity index (χ4n) is 3.21. The molecule has 0 spiro atoms. The maximum absolute atomic E-state index is 12.6. The third kappa shape index (κ3) is 3.45. The summed E-state index contributed by atoms with van der Waals surface area (Å²) in [6.45, 7) is 3.97. The second kappa shape index (κ2) is 6.66. The van der Waals surface area contributed by atoms with Crippen LogP contribution in [-0.4, -0.2) is 27.6 Å². The molecule has 4 rings (SSSR count). The zero-order chi connectivity index (χ0) is 19.2. The van der Waals surface area contributed by atoms with Crippen LogP contribution in [0.25, 0.3) is 10.9 Å². The average molecular weight is 384 g/mol. The fraction of sp³-hybridized carbons (Fsp3) is 0.333. The number of fused-ring (bicyclic) bond motifs is 1. The first-order chi connectivity index (χ1) is 12.9. The first kappa shape index (κ1) is 18.0. The molecule has 1 fully saturated rings. The number of rotatable bonds is 5. The largest absolute Gasteiger partial charge is 0.395 e. The molecule has 1 amide bonds. The van der Waals surface area contributed by atoms with Crippen molar-refractivity contribution in [1.82, 2.24) is 9.97 Å². The third-order valence-electron chi connectivity index (χ3n) is 5.17. The number of aliphatic hydroxyl groups is 1. The summed E-state index contributed by atoms with van der Waals surface area (Å²) in [5.74, 6) is 0.722. The number of H-pyrrole nitrogens is 1. The van der Waals surface area contributed by atoms with Crippen molar-refractivity contribution in [2.45, 2.75) is 38.0 Å². The molecule has 1 aliphatic rings. The number of carbonyl (C=O) groups is 1. The molecule has 6 heteroatoms. The number of pyridine rings is 1. The number of aromatic amines is 1. The van der Waals surface area contributed by atoms with Crippen molar-refractivity contribution < 1.29 is 9.90 Å². The molecule has 2 heterocycles. The van der Waals surface area contributed by atoms with Crippen LogP contribution in [0.5, 0.6) is 0 Å². The molecular weight excluding hydrogens is 362 g/mol. The maximum Gasteiger partial charge on any atom is 0.256 e. The number of nitrogens with zero attached hydrogens (tertiary/aromatic N) is 1. The van der Waals surface area contributed by atoms with Crippen molar-refractivity contribution in [1.29, 1.82) is 0 Å². The van der Waals surface area contributed by atoms with Crippen LogP contribution < -0.4 is 5.32 Å². The summed E-state index contributed by atoms with van der Waals surface area (Å²) in [5.41, 5.74) is 3.03. The van der Waals surface area contributed by atoms with E-state index in [1.54, 1.807) is 18.3 Å². The second-order valence-electron chi connectivity index (χ2n) is 7.80. The van der Waals surface area contributed by atoms with Gasteiger partial charge in [-0.1, -0.05) is 37.6 Å². The van der Waals surface area contributed by atoms with Crippen LogP contribution in [0, 0.1) is 0 Å². The number of carbonyl (C=O) groups excluding carboxylic acids is 1. The number of hydrogen-bond donors (Lipinski definition) is 3. The lowest BCUT2D eigenvalue weighted by Gasteiger charge is -2.22. The number of hydrogen-bond acceptors (Lipinski definition) is 3. The molecule has 3 aromatic rings. The van der Waals surface area contributed by atoms with E-state index >= 15 is 0 Å². The van der Waals surface area contributed by atoms with Crippen LogP contribution in [0.4, 0.5) is 5.82 Å². The van der Waals surface area contributed by atoms with Crippen LogP contribution >= 0.6 is 11.6 Å². The van der Waals surface area contributed by atoms with Gasteiger partial charge in [0.2, 0.25) is 0 Å². The summed E-state index contributed by atoms with van der Waals surface area (Å²) in [6.07, 6.45) is 3.96. The van der Waals surface area contributed by atoms with Crippen LogP contribution in [0.15, 0.2) is 36.5 Å². The molecule has 140 valence electrons. The van der Waals surface area contributed by atoms with Gasteiger partial charge in [-0.2, -0.15) is 0 Å². The van der Waals surface area contributed by atoms with Crippen LogP contribution in [0.3, 0.4) is 0 Å². The third-order valence-corrected chi connectivity index (χ3v) is 5.47. The van der Waals surface area contributed by atoms with Crippen molar-refractivity contribution in [3.63, 3.8) is 0 Å². The highest BCUT2D eigenvalue weighted by Gasteiger charge is 2.29. The normalized spacial score (nSPS) is 14.5. The minimum Gasteiger partial charge on any atom is -0.395 e. The van der Waals surface area contributed by atoms with E-state index in [9.17, 15) is 9.90 Å². The standard InChI is InChI=1S/C21H22ClN3O2/c1-21(2,11-26)14-7-5-13(6-8-14)20(27)25-17-9-16-18(15(22)10-23-16)19(24-17)12-3-4-12/h5-10,12,23,26H,3-4,11H2,1-2H3,(H,24,25,27). The fourth-order valence-corrected chi connectivity index (χ4v) is 3.46. The van der Waals surface area contributed by atoms with Gasteiger partial charge in [0.05, 0.1) is 22.8 Å². The number of anilines is 1. The van der Waals surface area contributed by atoms with E-state index in [0.717, 1.165) is 35.0 Å². The Bertz CT molecular complexity index is 1000. The van der Waals surface area contributed by atoms with Gasteiger partial charge in [0.15, 0.2) is 0 Å². The molecule has 0 unspecified atom stereocenters. The molecule has 1 saturated carbocycles. The average Bonchev–Trinajstić information content (AvgIpc) is 3.45. The highest BCUT2D eigenvalue weighted by Crippen LogP contribution is 2.44. The number of aromatic nitrogens is 2. The maximum atomic E-state index is 12.6. The van der Waals surface area contributed by atoms with E-state index in [0.29, 0.717) is 22.3 Å². The minimum absolute atomic E-state index is 0.0468. The molecule has 27 heavy (non-hydrogen) atoms. The topological polar surface area (TPSA) is 78.0 Å². The summed E-state index contributed by atoms with van der Waals surface area (Å²) < 4.78 is 0. The van der Waals surface area contributed by atoms with E-state index in [2.05, 4.69) is 15.3 Å². The van der Waals surface area contributed by atoms with Crippen LogP contribution in [0.2, 0.25) is 5.02 Å². The molecule has 2 aromatic heterocycles. The Balaban J connectivity index is 1.60. The van der Waals surface area contributed by atoms with Crippen LogP contribution in [-0.2, 0) is 5.41 Å². The van der Waals surface area contributed by atoms with Crippen molar-refractivity contribution in [2.75, 3.05) is 11.9 Å². The molecule has 5 nitrogen and oxygen atoms in total. The van der Waals surface area contributed by atoms with E-state index in [4.69, 9.17) is 11.6 Å². The predicted molar refractivity (Wildman–Crippen MR) is 108 cm³/mol. The first-order valence-corrected chi connectivity index (χ1v) is 9.47. The Morgan fingerprint density at radius 3 is 2.67 bits per heavy atom. The molecule has 1 aromatic carbocycles. The van der Waals surface area contributed by atoms with Crippen molar-refractivity contribution in [3.05, 3.63) is 58.4 Å². The van der Waals surface area contributed by atoms with Crippen LogP contribution in [0.1, 0.15) is 54.2 Å². The van der Waals surface area contributed by atoms with Gasteiger partial charge in [-0.15, -0.1) is 0 Å². The molecule has 0 bridgehead atoms. The van der Waals surface area contributed by atoms with Gasteiger partial charge in [0.1, 0.15) is 5.82 Å². The molecule has 0 radical (unpaired) electrons. The summed E-state index contributed by atoms with van der Waals surface area (Å²) >= 11 is 6.29. The molecule has 1 aliphatic carbocycles. The SMILES string of the molecule is CC(C)(CO)c1ccc(C(=O)Nc2cc3[nH]cc(Cl)c3c(C3CC3)n2)cc1. The predicted octanol–water partition coefficient (Wildman–Crippen LogP) is 4.62. The Hall–Kier alpha value is -2.37. The van der Waals surface area contributed by atoms with Gasteiger partial charge < -0.3 is 15.4 Å². The van der Waals surface area contributed by atoms with Crippen molar-refractivity contribution in [3.8, 4) is 0 Å². The van der Waals surface area contributed by atoms with Gasteiger partial charge in [-0.3, -0.25) is 4.79 Å². The summed E-state index contributed by atoms with van der Waals surface area (Å²) in [5, 5.41) is 14.0. The zero-order valence-electron chi connectivity index (χ0n) is 15.3. The van der Waals surface area contributed by atoms with Gasteiger partial charge in [-0.05, 0) is 30.5 Å².